The van der Waals surface area contributed by atoms with Gasteiger partial charge in [0.1, 0.15) is 6.33 Å². The molecule has 0 spiro atoms. The number of aliphatic hydroxyl groups is 1. The molecule has 0 aliphatic heterocycles. The van der Waals surface area contributed by atoms with Crippen molar-refractivity contribution in [1.82, 2.24) is 29.5 Å². The molecule has 9 nitrogen and oxygen atoms in total. The quantitative estimate of drug-likeness (QED) is 0.639. The fraction of sp³-hybridized carbons (Fsp3) is 0.308. The monoisotopic (exact) mass is 335 g/mol. The molecule has 0 unspecified atom stereocenters. The summed E-state index contributed by atoms with van der Waals surface area (Å²) < 4.78 is 6.86. The van der Waals surface area contributed by atoms with Crippen molar-refractivity contribution in [2.75, 3.05) is 19.0 Å². The van der Waals surface area contributed by atoms with Gasteiger partial charge in [0.05, 0.1) is 32.5 Å². The van der Waals surface area contributed by atoms with Crippen LogP contribution in [-0.4, -0.2) is 48.3 Å². The number of fused-ring (bicyclic) bond motifs is 1. The average Bonchev–Trinajstić information content (AvgIpc) is 2.92. The largest absolute Gasteiger partial charge is 0.468 e. The van der Waals surface area contributed by atoms with Crippen molar-refractivity contribution < 1.29 is 9.84 Å². The molecular weight excluding hydrogens is 322 g/mol. The lowest BCUT2D eigenvalue weighted by Crippen LogP contribution is -2.07. The van der Waals surface area contributed by atoms with Crippen LogP contribution in [-0.2, 0) is 13.1 Å². The topological polar surface area (TPSA) is 111 Å². The van der Waals surface area contributed by atoms with Crippen molar-refractivity contribution in [3.05, 3.63) is 29.6 Å². The summed E-state index contributed by atoms with van der Waals surface area (Å²) in [5.74, 6) is 0.466. The smallest absolute Gasteiger partial charge is 0.298 e. The number of imidazole rings is 1. The van der Waals surface area contributed by atoms with Crippen LogP contribution >= 0.6 is 11.6 Å². The van der Waals surface area contributed by atoms with Crippen LogP contribution in [0.25, 0.3) is 11.2 Å². The molecule has 0 atom stereocenters. The van der Waals surface area contributed by atoms with Crippen LogP contribution in [0.2, 0.25) is 5.28 Å². The third-order valence-electron chi connectivity index (χ3n) is 3.12. The maximum Gasteiger partial charge on any atom is 0.298 e. The van der Waals surface area contributed by atoms with E-state index in [1.54, 1.807) is 16.8 Å². The lowest BCUT2D eigenvalue weighted by molar-refractivity contribution is 0.264. The van der Waals surface area contributed by atoms with Gasteiger partial charge in [0.15, 0.2) is 17.0 Å². The van der Waals surface area contributed by atoms with Crippen LogP contribution in [0.5, 0.6) is 6.01 Å². The highest BCUT2D eigenvalue weighted by Crippen LogP contribution is 2.26. The number of anilines is 1. The second-order valence-corrected chi connectivity index (χ2v) is 4.88. The molecule has 0 aliphatic rings. The first-order valence-electron chi connectivity index (χ1n) is 6.80. The van der Waals surface area contributed by atoms with Gasteiger partial charge in [-0.1, -0.05) is 0 Å². The van der Waals surface area contributed by atoms with Crippen LogP contribution in [0, 0.1) is 0 Å². The first-order chi connectivity index (χ1) is 11.2. The molecule has 0 aliphatic carbocycles. The maximum atomic E-state index is 9.20. The molecule has 0 fully saturated rings. The van der Waals surface area contributed by atoms with Gasteiger partial charge in [0.25, 0.3) is 6.01 Å². The van der Waals surface area contributed by atoms with Crippen molar-refractivity contribution in [2.45, 2.75) is 13.1 Å². The number of methoxy groups -OCH3 is 1. The second kappa shape index (κ2) is 6.71. The molecule has 0 amide bonds. The number of nitrogens with one attached hydrogen (secondary N) is 1. The Hall–Kier alpha value is -2.52. The molecule has 0 aromatic carbocycles. The van der Waals surface area contributed by atoms with E-state index in [9.17, 15) is 5.11 Å². The van der Waals surface area contributed by atoms with Gasteiger partial charge in [-0.2, -0.15) is 15.0 Å². The van der Waals surface area contributed by atoms with E-state index in [1.807, 2.05) is 0 Å². The Bertz CT molecular complexity index is 809. The van der Waals surface area contributed by atoms with Gasteiger partial charge in [0.2, 0.25) is 5.28 Å². The molecule has 10 heteroatoms. The molecular formula is C13H14ClN7O2. The first-order valence-corrected chi connectivity index (χ1v) is 7.18. The molecule has 23 heavy (non-hydrogen) atoms. The zero-order valence-electron chi connectivity index (χ0n) is 12.3. The summed E-state index contributed by atoms with van der Waals surface area (Å²) in [4.78, 5) is 20.7. The van der Waals surface area contributed by atoms with Gasteiger partial charge in [0, 0.05) is 6.20 Å². The Kier molecular flexibility index (Phi) is 4.49. The van der Waals surface area contributed by atoms with Gasteiger partial charge in [-0.05, 0) is 17.7 Å². The summed E-state index contributed by atoms with van der Waals surface area (Å²) in [6, 6.07) is 2.12. The number of halogens is 1. The Labute approximate surface area is 136 Å². The lowest BCUT2D eigenvalue weighted by atomic mass is 10.4. The fourth-order valence-electron chi connectivity index (χ4n) is 2.13. The van der Waals surface area contributed by atoms with Gasteiger partial charge < -0.3 is 15.2 Å². The van der Waals surface area contributed by atoms with Gasteiger partial charge in [-0.3, -0.25) is 4.57 Å². The molecule has 0 bridgehead atoms. The number of ether oxygens (including phenoxy) is 1. The molecule has 120 valence electrons. The van der Waals surface area contributed by atoms with E-state index in [0.717, 1.165) is 5.69 Å². The van der Waals surface area contributed by atoms with Gasteiger partial charge in [-0.25, -0.2) is 9.97 Å². The summed E-state index contributed by atoms with van der Waals surface area (Å²) in [6.45, 7) is 0.644. The predicted molar refractivity (Wildman–Crippen MR) is 83.3 cm³/mol. The Morgan fingerprint density at radius 3 is 2.91 bits per heavy atom. The van der Waals surface area contributed by atoms with Crippen LogP contribution in [0.4, 0.5) is 5.82 Å². The number of hydrogen-bond acceptors (Lipinski definition) is 8. The Morgan fingerprint density at radius 1 is 1.35 bits per heavy atom. The summed E-state index contributed by atoms with van der Waals surface area (Å²) in [5, 5.41) is 12.4. The van der Waals surface area contributed by atoms with E-state index < -0.39 is 0 Å². The number of aliphatic hydroxyl groups excluding tert-OH is 1. The van der Waals surface area contributed by atoms with Crippen LogP contribution in [0.15, 0.2) is 18.6 Å². The lowest BCUT2D eigenvalue weighted by Gasteiger charge is -2.07. The van der Waals surface area contributed by atoms with E-state index in [4.69, 9.17) is 16.3 Å². The number of hydrogen-bond donors (Lipinski definition) is 2. The van der Waals surface area contributed by atoms with Crippen LogP contribution in [0.1, 0.15) is 5.69 Å². The van der Waals surface area contributed by atoms with Crippen LogP contribution in [0.3, 0.4) is 0 Å². The Morgan fingerprint density at radius 2 is 2.22 bits per heavy atom. The van der Waals surface area contributed by atoms with Crippen molar-refractivity contribution in [3.8, 4) is 6.01 Å². The van der Waals surface area contributed by atoms with Crippen LogP contribution < -0.4 is 10.1 Å². The number of rotatable bonds is 6. The maximum absolute atomic E-state index is 9.20. The van der Waals surface area contributed by atoms with E-state index >= 15 is 0 Å². The zero-order chi connectivity index (χ0) is 16.2. The highest BCUT2D eigenvalue weighted by atomic mass is 35.5. The summed E-state index contributed by atoms with van der Waals surface area (Å²) in [6.07, 6.45) is 3.13. The molecule has 3 heterocycles. The third-order valence-corrected chi connectivity index (χ3v) is 3.29. The molecule has 3 aromatic heterocycles. The molecule has 2 N–H and O–H groups in total. The SMILES string of the molecule is COc1nc2c(NCc3ccncn3)nc(Cl)nc2n1CCO. The highest BCUT2D eigenvalue weighted by Gasteiger charge is 2.17. The molecule has 3 rings (SSSR count). The standard InChI is InChI=1S/C13H14ClN7O2/c1-23-13-18-9-10(16-6-8-2-3-15-7-17-8)19-12(14)20-11(9)21(13)4-5-22/h2-3,7,22H,4-6H2,1H3,(H,16,19,20). The zero-order valence-corrected chi connectivity index (χ0v) is 13.0. The minimum absolute atomic E-state index is 0.0735. The van der Waals surface area contributed by atoms with Gasteiger partial charge >= 0.3 is 0 Å². The molecule has 0 radical (unpaired) electrons. The fourth-order valence-corrected chi connectivity index (χ4v) is 2.30. The van der Waals surface area contributed by atoms with Crippen molar-refractivity contribution in [3.63, 3.8) is 0 Å². The summed E-state index contributed by atoms with van der Waals surface area (Å²) >= 11 is 6.00. The summed E-state index contributed by atoms with van der Waals surface area (Å²) in [5.41, 5.74) is 1.79. The number of nitrogens with zero attached hydrogens (tertiary/aromatic N) is 6. The minimum atomic E-state index is -0.0763. The molecule has 0 saturated carbocycles. The Balaban J connectivity index is 1.99. The molecule has 0 saturated heterocycles. The predicted octanol–water partition coefficient (Wildman–Crippen LogP) is 0.883. The minimum Gasteiger partial charge on any atom is -0.468 e. The highest BCUT2D eigenvalue weighted by molar-refractivity contribution is 6.28. The van der Waals surface area contributed by atoms with Gasteiger partial charge in [-0.15, -0.1) is 0 Å². The third kappa shape index (κ3) is 3.15. The normalized spacial score (nSPS) is 10.9. The van der Waals surface area contributed by atoms with E-state index in [0.29, 0.717) is 36.1 Å². The first kappa shape index (κ1) is 15.4. The van der Waals surface area contributed by atoms with E-state index in [1.165, 1.54) is 13.4 Å². The average molecular weight is 336 g/mol. The summed E-state index contributed by atoms with van der Waals surface area (Å²) in [7, 11) is 1.50. The second-order valence-electron chi connectivity index (χ2n) is 4.54. The number of aromatic nitrogens is 6. The van der Waals surface area contributed by atoms with E-state index in [2.05, 4.69) is 30.2 Å². The van der Waals surface area contributed by atoms with Crippen molar-refractivity contribution in [1.29, 1.82) is 0 Å². The van der Waals surface area contributed by atoms with E-state index in [-0.39, 0.29) is 11.9 Å². The van der Waals surface area contributed by atoms with Crippen molar-refractivity contribution >= 4 is 28.6 Å². The molecule has 3 aromatic rings. The van der Waals surface area contributed by atoms with Crippen molar-refractivity contribution in [2.24, 2.45) is 0 Å².